The number of amides is 1. The predicted octanol–water partition coefficient (Wildman–Crippen LogP) is 5.18. The molecule has 4 rings (SSSR count). The number of ketones is 1. The molecular weight excluding hydrogens is 346 g/mol. The average Bonchev–Trinajstić information content (AvgIpc) is 2.63. The molecule has 132 valence electrons. The van der Waals surface area contributed by atoms with Crippen LogP contribution in [0, 0.1) is 6.92 Å². The van der Waals surface area contributed by atoms with E-state index in [-0.39, 0.29) is 24.0 Å². The molecule has 0 bridgehead atoms. The fraction of sp³-hybridized carbons (Fsp3) is 0.273. The van der Waals surface area contributed by atoms with Gasteiger partial charge in [0.05, 0.1) is 5.69 Å². The molecule has 2 aliphatic rings. The normalized spacial score (nSPS) is 20.4. The van der Waals surface area contributed by atoms with Crippen molar-refractivity contribution >= 4 is 29.0 Å². The van der Waals surface area contributed by atoms with Crippen molar-refractivity contribution in [3.63, 3.8) is 0 Å². The van der Waals surface area contributed by atoms with Crippen LogP contribution >= 0.6 is 11.6 Å². The average molecular weight is 366 g/mol. The number of benzene rings is 2. The van der Waals surface area contributed by atoms with Crippen molar-refractivity contribution in [2.45, 2.75) is 38.5 Å². The topological polar surface area (TPSA) is 37.4 Å². The number of carbonyl (C=O) groups excluding carboxylic acids is 2. The first-order valence-corrected chi connectivity index (χ1v) is 9.35. The summed E-state index contributed by atoms with van der Waals surface area (Å²) >= 11 is 6.40. The molecule has 1 unspecified atom stereocenters. The molecule has 1 atom stereocenters. The molecule has 1 aliphatic heterocycles. The van der Waals surface area contributed by atoms with Crippen LogP contribution in [0.5, 0.6) is 0 Å². The zero-order valence-corrected chi connectivity index (χ0v) is 15.4. The molecule has 0 radical (unpaired) electrons. The largest absolute Gasteiger partial charge is 0.294 e. The van der Waals surface area contributed by atoms with E-state index in [0.29, 0.717) is 11.4 Å². The summed E-state index contributed by atoms with van der Waals surface area (Å²) in [6.45, 7) is 1.99. The van der Waals surface area contributed by atoms with Crippen molar-refractivity contribution < 1.29 is 9.59 Å². The Kier molecular flexibility index (Phi) is 4.41. The fourth-order valence-electron chi connectivity index (χ4n) is 4.11. The first kappa shape index (κ1) is 17.0. The van der Waals surface area contributed by atoms with Gasteiger partial charge in [0.15, 0.2) is 5.78 Å². The molecule has 0 saturated carbocycles. The summed E-state index contributed by atoms with van der Waals surface area (Å²) in [5.41, 5.74) is 4.40. The summed E-state index contributed by atoms with van der Waals surface area (Å²) in [5.74, 6) is -0.0841. The summed E-state index contributed by atoms with van der Waals surface area (Å²) in [6.07, 6.45) is 2.32. The van der Waals surface area contributed by atoms with E-state index >= 15 is 0 Å². The molecule has 2 aromatic carbocycles. The maximum atomic E-state index is 13.1. The zero-order valence-electron chi connectivity index (χ0n) is 14.7. The summed E-state index contributed by atoms with van der Waals surface area (Å²) < 4.78 is 0. The first-order valence-electron chi connectivity index (χ1n) is 8.97. The molecule has 0 N–H and O–H groups in total. The van der Waals surface area contributed by atoms with Crippen LogP contribution in [0.1, 0.15) is 42.7 Å². The number of anilines is 1. The SMILES string of the molecule is Cc1ccccc1N1C(=O)CC(c2ccccc2Cl)C2=C1CCCC2=O. The lowest BCUT2D eigenvalue weighted by molar-refractivity contribution is -0.119. The zero-order chi connectivity index (χ0) is 18.3. The second kappa shape index (κ2) is 6.73. The van der Waals surface area contributed by atoms with Crippen LogP contribution < -0.4 is 4.90 Å². The minimum absolute atomic E-state index is 0.0256. The number of aryl methyl sites for hydroxylation is 1. The van der Waals surface area contributed by atoms with Crippen LogP contribution in [0.25, 0.3) is 0 Å². The van der Waals surface area contributed by atoms with Crippen LogP contribution in [0.4, 0.5) is 5.69 Å². The highest BCUT2D eigenvalue weighted by Gasteiger charge is 2.40. The van der Waals surface area contributed by atoms with E-state index in [2.05, 4.69) is 0 Å². The van der Waals surface area contributed by atoms with Crippen molar-refractivity contribution in [2.24, 2.45) is 0 Å². The lowest BCUT2D eigenvalue weighted by atomic mass is 9.77. The predicted molar refractivity (Wildman–Crippen MR) is 103 cm³/mol. The van der Waals surface area contributed by atoms with E-state index in [4.69, 9.17) is 11.6 Å². The Morgan fingerprint density at radius 2 is 1.73 bits per heavy atom. The Bertz CT molecular complexity index is 931. The third-order valence-electron chi connectivity index (χ3n) is 5.31. The number of nitrogens with zero attached hydrogens (tertiary/aromatic N) is 1. The molecule has 26 heavy (non-hydrogen) atoms. The Morgan fingerprint density at radius 1 is 1.00 bits per heavy atom. The van der Waals surface area contributed by atoms with Crippen molar-refractivity contribution in [3.8, 4) is 0 Å². The third-order valence-corrected chi connectivity index (χ3v) is 5.66. The van der Waals surface area contributed by atoms with Crippen molar-refractivity contribution in [2.75, 3.05) is 4.90 Å². The first-order chi connectivity index (χ1) is 12.6. The summed E-state index contributed by atoms with van der Waals surface area (Å²) in [6, 6.07) is 15.4. The summed E-state index contributed by atoms with van der Waals surface area (Å²) in [4.78, 5) is 27.8. The van der Waals surface area contributed by atoms with Gasteiger partial charge < -0.3 is 0 Å². The van der Waals surface area contributed by atoms with Crippen LogP contribution in [0.2, 0.25) is 5.02 Å². The molecule has 0 spiro atoms. The number of halogens is 1. The number of rotatable bonds is 2. The Balaban J connectivity index is 1.91. The number of para-hydroxylation sites is 1. The van der Waals surface area contributed by atoms with Gasteiger partial charge in [0.1, 0.15) is 0 Å². The number of hydrogen-bond acceptors (Lipinski definition) is 2. The van der Waals surface area contributed by atoms with Crippen LogP contribution in [0.3, 0.4) is 0 Å². The molecule has 0 aromatic heterocycles. The van der Waals surface area contributed by atoms with Crippen molar-refractivity contribution in [1.29, 1.82) is 0 Å². The van der Waals surface area contributed by atoms with E-state index in [1.54, 1.807) is 4.90 Å². The third kappa shape index (κ3) is 2.77. The minimum atomic E-state index is -0.251. The Morgan fingerprint density at radius 3 is 2.50 bits per heavy atom. The van der Waals surface area contributed by atoms with Gasteiger partial charge in [-0.15, -0.1) is 0 Å². The van der Waals surface area contributed by atoms with E-state index in [9.17, 15) is 9.59 Å². The lowest BCUT2D eigenvalue weighted by Gasteiger charge is -2.39. The number of allylic oxidation sites excluding steroid dienone is 2. The van der Waals surface area contributed by atoms with E-state index in [0.717, 1.165) is 40.9 Å². The van der Waals surface area contributed by atoms with Gasteiger partial charge in [-0.1, -0.05) is 48.0 Å². The van der Waals surface area contributed by atoms with Crippen LogP contribution in [-0.2, 0) is 9.59 Å². The van der Waals surface area contributed by atoms with Crippen LogP contribution in [-0.4, -0.2) is 11.7 Å². The maximum absolute atomic E-state index is 13.1. The molecule has 2 aromatic rings. The van der Waals surface area contributed by atoms with Crippen molar-refractivity contribution in [1.82, 2.24) is 0 Å². The minimum Gasteiger partial charge on any atom is -0.294 e. The highest BCUT2D eigenvalue weighted by Crippen LogP contribution is 2.45. The van der Waals surface area contributed by atoms with Gasteiger partial charge in [0.25, 0.3) is 0 Å². The van der Waals surface area contributed by atoms with Gasteiger partial charge in [0, 0.05) is 35.1 Å². The molecule has 1 amide bonds. The maximum Gasteiger partial charge on any atom is 0.232 e. The van der Waals surface area contributed by atoms with Gasteiger partial charge in [-0.2, -0.15) is 0 Å². The number of hydrogen-bond donors (Lipinski definition) is 0. The van der Waals surface area contributed by atoms with Crippen LogP contribution in [0.15, 0.2) is 59.8 Å². The van der Waals surface area contributed by atoms with Gasteiger partial charge in [-0.25, -0.2) is 0 Å². The summed E-state index contributed by atoms with van der Waals surface area (Å²) in [5, 5.41) is 0.611. The summed E-state index contributed by atoms with van der Waals surface area (Å²) in [7, 11) is 0. The standard InChI is InChI=1S/C22H20ClNO2/c1-14-7-2-5-10-18(14)24-19-11-6-12-20(25)22(19)16(13-21(24)26)15-8-3-4-9-17(15)23/h2-5,7-10,16H,6,11-13H2,1H3. The van der Waals surface area contributed by atoms with E-state index in [1.165, 1.54) is 0 Å². The second-order valence-electron chi connectivity index (χ2n) is 6.93. The Hall–Kier alpha value is -2.39. The highest BCUT2D eigenvalue weighted by atomic mass is 35.5. The molecule has 3 nitrogen and oxygen atoms in total. The molecule has 0 fully saturated rings. The monoisotopic (exact) mass is 365 g/mol. The van der Waals surface area contributed by atoms with E-state index < -0.39 is 0 Å². The molecular formula is C22H20ClNO2. The Labute approximate surface area is 158 Å². The second-order valence-corrected chi connectivity index (χ2v) is 7.34. The van der Waals surface area contributed by atoms with Gasteiger partial charge in [-0.3, -0.25) is 14.5 Å². The molecule has 1 heterocycles. The molecule has 4 heteroatoms. The smallest absolute Gasteiger partial charge is 0.232 e. The fourth-order valence-corrected chi connectivity index (χ4v) is 4.38. The molecule has 1 aliphatic carbocycles. The van der Waals surface area contributed by atoms with Gasteiger partial charge in [-0.05, 0) is 43.0 Å². The number of Topliss-reactive ketones (excluding diaryl/α,β-unsaturated/α-hetero) is 1. The van der Waals surface area contributed by atoms with Gasteiger partial charge in [0.2, 0.25) is 5.91 Å². The lowest BCUT2D eigenvalue weighted by Crippen LogP contribution is -2.40. The van der Waals surface area contributed by atoms with Gasteiger partial charge >= 0.3 is 0 Å². The quantitative estimate of drug-likeness (QED) is 0.735. The molecule has 0 saturated heterocycles. The van der Waals surface area contributed by atoms with Crippen molar-refractivity contribution in [3.05, 3.63) is 76.0 Å². The number of carbonyl (C=O) groups is 2. The highest BCUT2D eigenvalue weighted by molar-refractivity contribution is 6.31. The van der Waals surface area contributed by atoms with E-state index in [1.807, 2.05) is 55.5 Å².